The first kappa shape index (κ1) is 10.2. The third-order valence-electron chi connectivity index (χ3n) is 2.02. The lowest BCUT2D eigenvalue weighted by Gasteiger charge is -2.25. The van der Waals surface area contributed by atoms with E-state index in [1.165, 1.54) is 14.0 Å². The predicted molar refractivity (Wildman–Crippen MR) is 46.1 cm³/mol. The molecule has 0 aromatic carbocycles. The maximum atomic E-state index is 10.8. The van der Waals surface area contributed by atoms with Gasteiger partial charge in [-0.1, -0.05) is 6.08 Å². The van der Waals surface area contributed by atoms with Gasteiger partial charge < -0.3 is 14.2 Å². The number of rotatable bonds is 3. The summed E-state index contributed by atoms with van der Waals surface area (Å²) in [6.07, 6.45) is 4.01. The molecule has 2 atom stereocenters. The van der Waals surface area contributed by atoms with Gasteiger partial charge in [-0.3, -0.25) is 4.79 Å². The van der Waals surface area contributed by atoms with Gasteiger partial charge in [0.05, 0.1) is 6.10 Å². The van der Waals surface area contributed by atoms with Crippen molar-refractivity contribution >= 4 is 5.97 Å². The van der Waals surface area contributed by atoms with Crippen molar-refractivity contribution in [2.75, 3.05) is 14.2 Å². The van der Waals surface area contributed by atoms with Crippen LogP contribution in [0.15, 0.2) is 12.2 Å². The van der Waals surface area contributed by atoms with Crippen LogP contribution in [0.3, 0.4) is 0 Å². The highest BCUT2D eigenvalue weighted by molar-refractivity contribution is 5.66. The van der Waals surface area contributed by atoms with Crippen LogP contribution in [-0.4, -0.2) is 32.1 Å². The first-order valence-corrected chi connectivity index (χ1v) is 4.09. The predicted octanol–water partition coefficient (Wildman–Crippen LogP) is 0.867. The van der Waals surface area contributed by atoms with Gasteiger partial charge in [-0.15, -0.1) is 0 Å². The van der Waals surface area contributed by atoms with Crippen LogP contribution in [0, 0.1) is 0 Å². The van der Waals surface area contributed by atoms with E-state index in [2.05, 4.69) is 0 Å². The molecule has 1 rings (SSSR count). The first-order chi connectivity index (χ1) is 6.12. The van der Waals surface area contributed by atoms with Crippen molar-refractivity contribution in [2.45, 2.75) is 25.2 Å². The highest BCUT2D eigenvalue weighted by Gasteiger charge is 2.37. The van der Waals surface area contributed by atoms with Crippen LogP contribution >= 0.6 is 0 Å². The van der Waals surface area contributed by atoms with E-state index >= 15 is 0 Å². The van der Waals surface area contributed by atoms with Crippen LogP contribution in [0.5, 0.6) is 0 Å². The van der Waals surface area contributed by atoms with E-state index in [1.54, 1.807) is 13.2 Å². The molecule has 0 amide bonds. The standard InChI is InChI=1S/C9H14O4/c1-7(10)13-9(12-3)5-4-8(6-9)11-2/h4-5,8H,6H2,1-3H3. The van der Waals surface area contributed by atoms with Crippen molar-refractivity contribution in [3.63, 3.8) is 0 Å². The number of carbonyl (C=O) groups excluding carboxylic acids is 1. The normalized spacial score (nSPS) is 32.1. The molecule has 0 heterocycles. The Bertz CT molecular complexity index is 224. The number of esters is 1. The van der Waals surface area contributed by atoms with Crippen LogP contribution < -0.4 is 0 Å². The largest absolute Gasteiger partial charge is 0.429 e. The second-order valence-corrected chi connectivity index (χ2v) is 2.95. The van der Waals surface area contributed by atoms with Crippen LogP contribution in [0.2, 0.25) is 0 Å². The summed E-state index contributed by atoms with van der Waals surface area (Å²) in [7, 11) is 3.11. The Morgan fingerprint density at radius 2 is 2.23 bits per heavy atom. The number of ether oxygens (including phenoxy) is 3. The van der Waals surface area contributed by atoms with Gasteiger partial charge in [-0.2, -0.15) is 0 Å². The molecule has 0 aliphatic heterocycles. The number of methoxy groups -OCH3 is 2. The average molecular weight is 186 g/mol. The van der Waals surface area contributed by atoms with E-state index in [9.17, 15) is 4.79 Å². The van der Waals surface area contributed by atoms with Crippen molar-refractivity contribution in [3.8, 4) is 0 Å². The smallest absolute Gasteiger partial charge is 0.305 e. The van der Waals surface area contributed by atoms with Crippen LogP contribution in [0.4, 0.5) is 0 Å². The molecule has 13 heavy (non-hydrogen) atoms. The Morgan fingerprint density at radius 1 is 1.54 bits per heavy atom. The number of hydrogen-bond donors (Lipinski definition) is 0. The summed E-state index contributed by atoms with van der Waals surface area (Å²) in [6, 6.07) is 0. The van der Waals surface area contributed by atoms with Crippen LogP contribution in [0.25, 0.3) is 0 Å². The lowest BCUT2D eigenvalue weighted by Crippen LogP contribution is -2.34. The van der Waals surface area contributed by atoms with E-state index in [0.29, 0.717) is 6.42 Å². The minimum atomic E-state index is -0.924. The third-order valence-corrected chi connectivity index (χ3v) is 2.02. The molecular formula is C9H14O4. The summed E-state index contributed by atoms with van der Waals surface area (Å²) in [5.41, 5.74) is 0. The van der Waals surface area contributed by atoms with E-state index in [0.717, 1.165) is 0 Å². The minimum absolute atomic E-state index is 0.0423. The summed E-state index contributed by atoms with van der Waals surface area (Å²) in [5.74, 6) is -1.28. The van der Waals surface area contributed by atoms with Gasteiger partial charge in [0.2, 0.25) is 5.79 Å². The molecule has 0 fully saturated rings. The van der Waals surface area contributed by atoms with Crippen molar-refractivity contribution in [1.82, 2.24) is 0 Å². The molecule has 0 saturated heterocycles. The first-order valence-electron chi connectivity index (χ1n) is 4.09. The number of hydrogen-bond acceptors (Lipinski definition) is 4. The zero-order valence-electron chi connectivity index (χ0n) is 8.07. The quantitative estimate of drug-likeness (QED) is 0.372. The monoisotopic (exact) mass is 186 g/mol. The van der Waals surface area contributed by atoms with Gasteiger partial charge >= 0.3 is 5.97 Å². The van der Waals surface area contributed by atoms with E-state index < -0.39 is 5.79 Å². The second-order valence-electron chi connectivity index (χ2n) is 2.95. The minimum Gasteiger partial charge on any atom is -0.429 e. The van der Waals surface area contributed by atoms with Gasteiger partial charge in [0.25, 0.3) is 0 Å². The maximum Gasteiger partial charge on any atom is 0.305 e. The Balaban J connectivity index is 2.64. The van der Waals surface area contributed by atoms with Gasteiger partial charge in [0, 0.05) is 27.6 Å². The Hall–Kier alpha value is -0.870. The molecule has 0 bridgehead atoms. The fraction of sp³-hybridized carbons (Fsp3) is 0.667. The Labute approximate surface area is 77.5 Å². The fourth-order valence-electron chi connectivity index (χ4n) is 1.34. The topological polar surface area (TPSA) is 44.8 Å². The summed E-state index contributed by atoms with van der Waals surface area (Å²) in [6.45, 7) is 1.36. The molecule has 0 aromatic rings. The zero-order chi connectivity index (χ0) is 9.90. The average Bonchev–Trinajstić information content (AvgIpc) is 2.48. The molecule has 0 radical (unpaired) electrons. The molecule has 1 aliphatic carbocycles. The molecule has 0 saturated carbocycles. The maximum absolute atomic E-state index is 10.8. The second kappa shape index (κ2) is 3.89. The summed E-state index contributed by atoms with van der Waals surface area (Å²) < 4.78 is 15.3. The molecule has 0 aromatic heterocycles. The Kier molecular flexibility index (Phi) is 3.06. The lowest BCUT2D eigenvalue weighted by molar-refractivity contribution is -0.202. The molecule has 0 spiro atoms. The van der Waals surface area contributed by atoms with E-state index in [-0.39, 0.29) is 12.1 Å². The summed E-state index contributed by atoms with van der Waals surface area (Å²) >= 11 is 0. The van der Waals surface area contributed by atoms with E-state index in [4.69, 9.17) is 14.2 Å². The molecule has 1 aliphatic rings. The highest BCUT2D eigenvalue weighted by Crippen LogP contribution is 2.29. The van der Waals surface area contributed by atoms with E-state index in [1.807, 2.05) is 6.08 Å². The fourth-order valence-corrected chi connectivity index (χ4v) is 1.34. The van der Waals surface area contributed by atoms with Crippen molar-refractivity contribution in [2.24, 2.45) is 0 Å². The van der Waals surface area contributed by atoms with Crippen molar-refractivity contribution < 1.29 is 19.0 Å². The third kappa shape index (κ3) is 2.29. The molecule has 2 unspecified atom stereocenters. The lowest BCUT2D eigenvalue weighted by atomic mass is 10.2. The van der Waals surface area contributed by atoms with Gasteiger partial charge in [0.15, 0.2) is 0 Å². The van der Waals surface area contributed by atoms with Gasteiger partial charge in [-0.25, -0.2) is 0 Å². The molecular weight excluding hydrogens is 172 g/mol. The highest BCUT2D eigenvalue weighted by atomic mass is 16.7. The van der Waals surface area contributed by atoms with Gasteiger partial charge in [0.1, 0.15) is 0 Å². The van der Waals surface area contributed by atoms with Crippen LogP contribution in [0.1, 0.15) is 13.3 Å². The van der Waals surface area contributed by atoms with Gasteiger partial charge in [-0.05, 0) is 6.08 Å². The molecule has 74 valence electrons. The Morgan fingerprint density at radius 3 is 2.62 bits per heavy atom. The van der Waals surface area contributed by atoms with Crippen LogP contribution in [-0.2, 0) is 19.0 Å². The summed E-state index contributed by atoms with van der Waals surface area (Å²) in [4.78, 5) is 10.8. The molecule has 4 nitrogen and oxygen atoms in total. The van der Waals surface area contributed by atoms with Crippen molar-refractivity contribution in [3.05, 3.63) is 12.2 Å². The molecule has 4 heteroatoms. The summed E-state index contributed by atoms with van der Waals surface area (Å²) in [5, 5.41) is 0. The SMILES string of the molecule is COC1C=CC(OC)(OC(C)=O)C1. The van der Waals surface area contributed by atoms with Crippen molar-refractivity contribution in [1.29, 1.82) is 0 Å². The number of carbonyl (C=O) groups is 1. The molecule has 0 N–H and O–H groups in total. The zero-order valence-corrected chi connectivity index (χ0v) is 8.07.